The summed E-state index contributed by atoms with van der Waals surface area (Å²) in [4.78, 5) is 48.4. The van der Waals surface area contributed by atoms with E-state index in [2.05, 4.69) is 31.2 Å². The third-order valence-electron chi connectivity index (χ3n) is 7.53. The Morgan fingerprint density at radius 3 is 2.65 bits per heavy atom. The van der Waals surface area contributed by atoms with Crippen LogP contribution in [-0.4, -0.2) is 93.1 Å². The number of hydrogen-bond donors (Lipinski definition) is 1. The SMILES string of the molecule is COC1CCN(Cc2cc3c(nc2C=O)N(C)CCC3)C1=O.COC1CCN(c2cc(NC=O)ncc2C#N)C1. The van der Waals surface area contributed by atoms with Gasteiger partial charge in [-0.3, -0.25) is 14.4 Å². The number of carbonyl (C=O) groups is 3. The predicted molar refractivity (Wildman–Crippen MR) is 148 cm³/mol. The van der Waals surface area contributed by atoms with Crippen LogP contribution < -0.4 is 15.1 Å². The lowest BCUT2D eigenvalue weighted by atomic mass is 10.0. The quantitative estimate of drug-likeness (QED) is 0.484. The number of carbonyl (C=O) groups excluding carboxylic acids is 3. The fourth-order valence-electron chi connectivity index (χ4n) is 5.33. The summed E-state index contributed by atoms with van der Waals surface area (Å²) >= 11 is 0. The van der Waals surface area contributed by atoms with Crippen LogP contribution in [0.5, 0.6) is 0 Å². The molecule has 3 aliphatic heterocycles. The molecule has 1 N–H and O–H groups in total. The van der Waals surface area contributed by atoms with Gasteiger partial charge in [-0.1, -0.05) is 0 Å². The Hall–Kier alpha value is -4.08. The highest BCUT2D eigenvalue weighted by atomic mass is 16.5. The Balaban J connectivity index is 0.000000189. The minimum atomic E-state index is -0.351. The van der Waals surface area contributed by atoms with Gasteiger partial charge in [0.25, 0.3) is 5.91 Å². The molecule has 0 aliphatic carbocycles. The smallest absolute Gasteiger partial charge is 0.252 e. The molecule has 2 saturated heterocycles. The zero-order valence-electron chi connectivity index (χ0n) is 23.1. The van der Waals surface area contributed by atoms with E-state index in [9.17, 15) is 14.4 Å². The molecule has 2 fully saturated rings. The van der Waals surface area contributed by atoms with Crippen LogP contribution in [0, 0.1) is 11.3 Å². The number of aryl methyl sites for hydroxylation is 1. The van der Waals surface area contributed by atoms with Gasteiger partial charge in [0.15, 0.2) is 6.29 Å². The van der Waals surface area contributed by atoms with Crippen LogP contribution >= 0.6 is 0 Å². The van der Waals surface area contributed by atoms with E-state index in [1.165, 1.54) is 6.20 Å². The second kappa shape index (κ2) is 13.3. The molecule has 5 heterocycles. The average molecular weight is 550 g/mol. The van der Waals surface area contributed by atoms with Crippen LogP contribution in [-0.2, 0) is 32.0 Å². The fraction of sp³-hybridized carbons (Fsp3) is 0.500. The van der Waals surface area contributed by atoms with E-state index < -0.39 is 0 Å². The van der Waals surface area contributed by atoms with Crippen LogP contribution in [0.25, 0.3) is 0 Å². The number of aromatic nitrogens is 2. The molecule has 2 atom stereocenters. The van der Waals surface area contributed by atoms with Gasteiger partial charge in [0, 0.05) is 78.2 Å². The maximum absolute atomic E-state index is 12.2. The molecule has 0 saturated carbocycles. The first kappa shape index (κ1) is 28.9. The molecule has 212 valence electrons. The van der Waals surface area contributed by atoms with Crippen LogP contribution in [0.2, 0.25) is 0 Å². The average Bonchev–Trinajstić information content (AvgIpc) is 3.60. The van der Waals surface area contributed by atoms with Crippen molar-refractivity contribution in [3.05, 3.63) is 40.7 Å². The number of rotatable bonds is 8. The molecule has 12 nitrogen and oxygen atoms in total. The Labute approximate surface area is 233 Å². The van der Waals surface area contributed by atoms with Gasteiger partial charge < -0.3 is 29.5 Å². The molecule has 5 rings (SSSR count). The number of nitriles is 1. The molecule has 0 spiro atoms. The highest BCUT2D eigenvalue weighted by Crippen LogP contribution is 2.28. The highest BCUT2D eigenvalue weighted by Gasteiger charge is 2.32. The molecule has 0 aromatic carbocycles. The van der Waals surface area contributed by atoms with Gasteiger partial charge in [0.2, 0.25) is 6.41 Å². The normalized spacial score (nSPS) is 19.9. The number of fused-ring (bicyclic) bond motifs is 1. The number of likely N-dealkylation sites (tertiary alicyclic amines) is 1. The van der Waals surface area contributed by atoms with E-state index in [-0.39, 0.29) is 18.1 Å². The van der Waals surface area contributed by atoms with Gasteiger partial charge in [-0.05, 0) is 30.9 Å². The minimum Gasteiger partial charge on any atom is -0.380 e. The summed E-state index contributed by atoms with van der Waals surface area (Å²) in [5.74, 6) is 1.33. The van der Waals surface area contributed by atoms with E-state index >= 15 is 0 Å². The van der Waals surface area contributed by atoms with Gasteiger partial charge in [-0.25, -0.2) is 9.97 Å². The van der Waals surface area contributed by atoms with Crippen molar-refractivity contribution in [3.63, 3.8) is 0 Å². The Morgan fingerprint density at radius 2 is 2.00 bits per heavy atom. The van der Waals surface area contributed by atoms with Crippen molar-refractivity contribution >= 4 is 35.9 Å². The zero-order chi connectivity index (χ0) is 28.6. The molecular weight excluding hydrogens is 514 g/mol. The van der Waals surface area contributed by atoms with Crippen LogP contribution in [0.1, 0.15) is 46.4 Å². The van der Waals surface area contributed by atoms with Crippen molar-refractivity contribution < 1.29 is 23.9 Å². The van der Waals surface area contributed by atoms with Crippen LogP contribution in [0.4, 0.5) is 17.3 Å². The maximum Gasteiger partial charge on any atom is 0.252 e. The van der Waals surface area contributed by atoms with E-state index in [4.69, 9.17) is 14.7 Å². The topological polar surface area (TPSA) is 141 Å². The van der Waals surface area contributed by atoms with Crippen molar-refractivity contribution in [2.75, 3.05) is 62.6 Å². The molecular formula is C28H35N7O5. The number of aldehydes is 1. The van der Waals surface area contributed by atoms with Gasteiger partial charge in [-0.15, -0.1) is 0 Å². The molecule has 0 bridgehead atoms. The van der Waals surface area contributed by atoms with Crippen molar-refractivity contribution in [1.29, 1.82) is 5.26 Å². The molecule has 2 aromatic heterocycles. The summed E-state index contributed by atoms with van der Waals surface area (Å²) in [6.07, 6.45) is 6.34. The summed E-state index contributed by atoms with van der Waals surface area (Å²) in [6, 6.07) is 5.86. The number of hydrogen-bond acceptors (Lipinski definition) is 10. The van der Waals surface area contributed by atoms with Crippen molar-refractivity contribution in [3.8, 4) is 6.07 Å². The number of anilines is 3. The summed E-state index contributed by atoms with van der Waals surface area (Å²) in [6.45, 7) is 3.62. The monoisotopic (exact) mass is 549 g/mol. The molecule has 12 heteroatoms. The molecule has 2 unspecified atom stereocenters. The van der Waals surface area contributed by atoms with Crippen LogP contribution in [0.15, 0.2) is 18.3 Å². The van der Waals surface area contributed by atoms with Gasteiger partial charge in [-0.2, -0.15) is 5.26 Å². The maximum atomic E-state index is 12.2. The third-order valence-corrected chi connectivity index (χ3v) is 7.53. The van der Waals surface area contributed by atoms with Gasteiger partial charge in [0.1, 0.15) is 29.5 Å². The first-order valence-electron chi connectivity index (χ1n) is 13.3. The van der Waals surface area contributed by atoms with Crippen molar-refractivity contribution in [2.45, 2.75) is 44.4 Å². The molecule has 2 aromatic rings. The summed E-state index contributed by atoms with van der Waals surface area (Å²) in [5.41, 5.74) is 3.71. The summed E-state index contributed by atoms with van der Waals surface area (Å²) in [5, 5.41) is 11.6. The third kappa shape index (κ3) is 6.38. The number of pyridine rings is 2. The Bertz CT molecular complexity index is 1280. The van der Waals surface area contributed by atoms with Gasteiger partial charge in [0.05, 0.1) is 17.4 Å². The standard InChI is InChI=1S/C16H21N3O3.C12H14N4O2/c1-18-6-3-4-11-8-12(13(10-20)17-15(11)18)9-19-7-5-14(22-2)16(19)21;1-18-10-2-3-16(7-10)11-4-12(15-8-17)14-6-9(11)5-13/h8,10,14H,3-7,9H2,1-2H3;4,6,8,10H,2-3,7H2,1H3,(H,14,15,17). The molecule has 3 aliphatic rings. The second-order valence-electron chi connectivity index (χ2n) is 9.98. The number of methoxy groups -OCH3 is 2. The lowest BCUT2D eigenvalue weighted by Crippen LogP contribution is -2.31. The first-order valence-corrected chi connectivity index (χ1v) is 13.3. The number of nitrogens with zero attached hydrogens (tertiary/aromatic N) is 6. The number of ether oxygens (including phenoxy) is 2. The van der Waals surface area contributed by atoms with Crippen LogP contribution in [0.3, 0.4) is 0 Å². The van der Waals surface area contributed by atoms with Crippen molar-refractivity contribution in [1.82, 2.24) is 14.9 Å². The molecule has 40 heavy (non-hydrogen) atoms. The lowest BCUT2D eigenvalue weighted by Gasteiger charge is -2.27. The summed E-state index contributed by atoms with van der Waals surface area (Å²) < 4.78 is 10.5. The Morgan fingerprint density at radius 1 is 1.18 bits per heavy atom. The lowest BCUT2D eigenvalue weighted by molar-refractivity contribution is -0.136. The largest absolute Gasteiger partial charge is 0.380 e. The number of nitrogens with one attached hydrogen (secondary N) is 1. The summed E-state index contributed by atoms with van der Waals surface area (Å²) in [7, 11) is 5.23. The highest BCUT2D eigenvalue weighted by molar-refractivity contribution is 5.83. The van der Waals surface area contributed by atoms with E-state index in [0.29, 0.717) is 43.0 Å². The van der Waals surface area contributed by atoms with E-state index in [1.54, 1.807) is 25.2 Å². The second-order valence-corrected chi connectivity index (χ2v) is 9.98. The zero-order valence-corrected chi connectivity index (χ0v) is 23.1. The van der Waals surface area contributed by atoms with E-state index in [1.807, 2.05) is 13.1 Å². The molecule has 2 amide bonds. The van der Waals surface area contributed by atoms with Crippen molar-refractivity contribution in [2.24, 2.45) is 0 Å². The fourth-order valence-corrected chi connectivity index (χ4v) is 5.33. The van der Waals surface area contributed by atoms with E-state index in [0.717, 1.165) is 67.8 Å². The minimum absolute atomic E-state index is 0.00538. The molecule has 0 radical (unpaired) electrons. The predicted octanol–water partition coefficient (Wildman–Crippen LogP) is 1.77. The van der Waals surface area contributed by atoms with Gasteiger partial charge >= 0.3 is 0 Å². The Kier molecular flexibility index (Phi) is 9.63. The first-order chi connectivity index (χ1) is 19.4. The number of amides is 2.